The Bertz CT molecular complexity index is 517. The zero-order chi connectivity index (χ0) is 16.6. The normalized spacial score (nSPS) is 59.2. The predicted octanol–water partition coefficient (Wildman–Crippen LogP) is 3.18. The second kappa shape index (κ2) is 5.05. The highest BCUT2D eigenvalue weighted by Crippen LogP contribution is 2.66. The molecule has 0 heterocycles. The number of Topliss-reactive ketones (excluding diaryl/α,β-unsaturated/α-hetero) is 1. The maximum atomic E-state index is 12.5. The Kier molecular flexibility index (Phi) is 3.53. The molecule has 4 saturated carbocycles. The molecule has 2 N–H and O–H groups in total. The van der Waals surface area contributed by atoms with Gasteiger partial charge in [-0.25, -0.2) is 0 Å². The van der Waals surface area contributed by atoms with Crippen LogP contribution in [0.5, 0.6) is 0 Å². The number of aliphatic hydroxyl groups excluding tert-OH is 2. The van der Waals surface area contributed by atoms with Gasteiger partial charge in [-0.1, -0.05) is 20.8 Å². The van der Waals surface area contributed by atoms with E-state index in [1.807, 2.05) is 0 Å². The summed E-state index contributed by atoms with van der Waals surface area (Å²) in [4.78, 5) is 12.5. The van der Waals surface area contributed by atoms with Gasteiger partial charge in [0, 0.05) is 5.41 Å². The maximum absolute atomic E-state index is 12.5. The molecule has 23 heavy (non-hydrogen) atoms. The summed E-state index contributed by atoms with van der Waals surface area (Å²) in [5, 5.41) is 20.4. The zero-order valence-corrected chi connectivity index (χ0v) is 14.8. The van der Waals surface area contributed by atoms with Crippen molar-refractivity contribution in [3.05, 3.63) is 0 Å². The molecule has 3 nitrogen and oxygen atoms in total. The van der Waals surface area contributed by atoms with Crippen LogP contribution >= 0.6 is 0 Å². The molecule has 0 radical (unpaired) electrons. The van der Waals surface area contributed by atoms with Gasteiger partial charge < -0.3 is 10.2 Å². The minimum absolute atomic E-state index is 0.111. The maximum Gasteiger partial charge on any atom is 0.167 e. The van der Waals surface area contributed by atoms with Crippen LogP contribution < -0.4 is 0 Å². The highest BCUT2D eigenvalue weighted by atomic mass is 16.3. The van der Waals surface area contributed by atoms with Gasteiger partial charge in [0.15, 0.2) is 5.78 Å². The molecule has 4 fully saturated rings. The highest BCUT2D eigenvalue weighted by Gasteiger charge is 2.63. The largest absolute Gasteiger partial charge is 0.393 e. The zero-order valence-electron chi connectivity index (χ0n) is 14.8. The molecule has 0 bridgehead atoms. The Morgan fingerprint density at radius 2 is 1.74 bits per heavy atom. The minimum atomic E-state index is -0.722. The van der Waals surface area contributed by atoms with Gasteiger partial charge >= 0.3 is 0 Å². The quantitative estimate of drug-likeness (QED) is 0.721. The summed E-state index contributed by atoms with van der Waals surface area (Å²) in [7, 11) is 0. The lowest BCUT2D eigenvalue weighted by Gasteiger charge is -2.62. The lowest BCUT2D eigenvalue weighted by atomic mass is 9.43. The number of hydrogen-bond acceptors (Lipinski definition) is 3. The molecule has 4 rings (SSSR count). The fourth-order valence-electron chi connectivity index (χ4n) is 7.49. The lowest BCUT2D eigenvalue weighted by molar-refractivity contribution is -0.155. The van der Waals surface area contributed by atoms with Crippen molar-refractivity contribution in [2.45, 2.75) is 77.9 Å². The van der Waals surface area contributed by atoms with Crippen LogP contribution in [0, 0.1) is 40.4 Å². The third kappa shape index (κ3) is 1.99. The summed E-state index contributed by atoms with van der Waals surface area (Å²) in [6.45, 7) is 6.93. The summed E-state index contributed by atoms with van der Waals surface area (Å²) in [6.07, 6.45) is 6.20. The van der Waals surface area contributed by atoms with Crippen LogP contribution in [-0.4, -0.2) is 28.2 Å². The average molecular weight is 320 g/mol. The number of aliphatic hydroxyl groups is 2. The van der Waals surface area contributed by atoms with Crippen LogP contribution in [-0.2, 0) is 4.79 Å². The van der Waals surface area contributed by atoms with E-state index in [0.717, 1.165) is 25.7 Å². The highest BCUT2D eigenvalue weighted by molar-refractivity contribution is 5.91. The van der Waals surface area contributed by atoms with Crippen LogP contribution in [0.4, 0.5) is 0 Å². The van der Waals surface area contributed by atoms with Gasteiger partial charge in [-0.2, -0.15) is 0 Å². The van der Waals surface area contributed by atoms with Gasteiger partial charge in [-0.05, 0) is 80.0 Å². The van der Waals surface area contributed by atoms with Crippen LogP contribution in [0.1, 0.15) is 65.7 Å². The summed E-state index contributed by atoms with van der Waals surface area (Å²) in [6, 6.07) is 0. The van der Waals surface area contributed by atoms with Crippen LogP contribution in [0.3, 0.4) is 0 Å². The van der Waals surface area contributed by atoms with Crippen LogP contribution in [0.2, 0.25) is 0 Å². The third-order valence-corrected chi connectivity index (χ3v) is 8.94. The first-order chi connectivity index (χ1) is 10.8. The monoisotopic (exact) mass is 320 g/mol. The molecule has 4 unspecified atom stereocenters. The molecule has 130 valence electrons. The molecule has 9 atom stereocenters. The molecule has 0 aromatic heterocycles. The van der Waals surface area contributed by atoms with E-state index in [4.69, 9.17) is 0 Å². The lowest BCUT2D eigenvalue weighted by Crippen LogP contribution is -2.56. The first-order valence-electron chi connectivity index (χ1n) is 9.69. The van der Waals surface area contributed by atoms with E-state index in [0.29, 0.717) is 41.4 Å². The van der Waals surface area contributed by atoms with E-state index in [2.05, 4.69) is 20.8 Å². The smallest absolute Gasteiger partial charge is 0.167 e. The first kappa shape index (κ1) is 16.1. The Labute approximate surface area is 139 Å². The summed E-state index contributed by atoms with van der Waals surface area (Å²) < 4.78 is 0. The van der Waals surface area contributed by atoms with Crippen molar-refractivity contribution in [1.82, 2.24) is 0 Å². The second-order valence-corrected chi connectivity index (χ2v) is 9.62. The molecule has 0 amide bonds. The van der Waals surface area contributed by atoms with E-state index >= 15 is 0 Å². The van der Waals surface area contributed by atoms with E-state index in [1.165, 1.54) is 12.8 Å². The van der Waals surface area contributed by atoms with Gasteiger partial charge in [-0.15, -0.1) is 0 Å². The number of carbonyl (C=O) groups excluding carboxylic acids is 1. The summed E-state index contributed by atoms with van der Waals surface area (Å²) in [5.41, 5.74) is 0.0290. The predicted molar refractivity (Wildman–Crippen MR) is 88.7 cm³/mol. The first-order valence-corrected chi connectivity index (χ1v) is 9.69. The number of fused-ring (bicyclic) bond motifs is 5. The van der Waals surface area contributed by atoms with Gasteiger partial charge in [0.2, 0.25) is 0 Å². The molecular formula is C20H32O3. The van der Waals surface area contributed by atoms with E-state index in [-0.39, 0.29) is 17.3 Å². The molecule has 0 aromatic carbocycles. The van der Waals surface area contributed by atoms with Crippen molar-refractivity contribution in [3.63, 3.8) is 0 Å². The molecule has 3 heteroatoms. The Hall–Kier alpha value is -0.410. The Balaban J connectivity index is 1.68. The number of rotatable bonds is 0. The second-order valence-electron chi connectivity index (χ2n) is 9.62. The average Bonchev–Trinajstić information content (AvgIpc) is 2.73. The molecule has 0 aromatic rings. The van der Waals surface area contributed by atoms with Gasteiger partial charge in [0.05, 0.1) is 6.10 Å². The van der Waals surface area contributed by atoms with Crippen molar-refractivity contribution >= 4 is 5.78 Å². The molecule has 4 aliphatic rings. The van der Waals surface area contributed by atoms with Crippen molar-refractivity contribution in [3.8, 4) is 0 Å². The van der Waals surface area contributed by atoms with E-state index in [9.17, 15) is 15.0 Å². The van der Waals surface area contributed by atoms with Crippen LogP contribution in [0.25, 0.3) is 0 Å². The van der Waals surface area contributed by atoms with Crippen molar-refractivity contribution < 1.29 is 15.0 Å². The van der Waals surface area contributed by atoms with E-state index in [1.54, 1.807) is 0 Å². The van der Waals surface area contributed by atoms with Crippen LogP contribution in [0.15, 0.2) is 0 Å². The molecule has 0 spiro atoms. The fraction of sp³-hybridized carbons (Fsp3) is 0.950. The molecule has 4 aliphatic carbocycles. The fourth-order valence-corrected chi connectivity index (χ4v) is 7.49. The van der Waals surface area contributed by atoms with Gasteiger partial charge in [-0.3, -0.25) is 4.79 Å². The van der Waals surface area contributed by atoms with Crippen molar-refractivity contribution in [2.75, 3.05) is 0 Å². The summed E-state index contributed by atoms with van der Waals surface area (Å²) >= 11 is 0. The number of hydrogen-bond donors (Lipinski definition) is 2. The Morgan fingerprint density at radius 3 is 2.48 bits per heavy atom. The minimum Gasteiger partial charge on any atom is -0.393 e. The summed E-state index contributed by atoms with van der Waals surface area (Å²) in [5.74, 6) is 2.93. The van der Waals surface area contributed by atoms with Crippen molar-refractivity contribution in [1.29, 1.82) is 0 Å². The molecule has 0 saturated heterocycles. The SMILES string of the molecule is CC1CC(O)CC2CC[C@@H]3[C@@H](CC[C@]4(C)C(=O)C(O)C[C@@H]34)[C@@]12C. The van der Waals surface area contributed by atoms with Gasteiger partial charge in [0.25, 0.3) is 0 Å². The third-order valence-electron chi connectivity index (χ3n) is 8.94. The topological polar surface area (TPSA) is 57.5 Å². The number of ketones is 1. The Morgan fingerprint density at radius 1 is 1.00 bits per heavy atom. The standard InChI is InChI=1S/C20H32O3/c1-11-8-13(21)9-12-4-5-14-15(20(11,12)3)6-7-19(2)16(14)10-17(22)18(19)23/h11-17,21-22H,4-10H2,1-3H3/t11?,12?,13?,14-,15-,16+,17?,19+,20+/m1/s1. The number of carbonyl (C=O) groups is 1. The van der Waals surface area contributed by atoms with Gasteiger partial charge in [0.1, 0.15) is 6.10 Å². The molecular weight excluding hydrogens is 288 g/mol. The van der Waals surface area contributed by atoms with Crippen molar-refractivity contribution in [2.24, 2.45) is 40.4 Å². The van der Waals surface area contributed by atoms with E-state index < -0.39 is 6.10 Å². The molecule has 0 aliphatic heterocycles.